The molecule has 1 aromatic carbocycles. The number of guanidine groups is 1. The Morgan fingerprint density at radius 1 is 1.15 bits per heavy atom. The summed E-state index contributed by atoms with van der Waals surface area (Å²) in [4.78, 5) is 18.5. The van der Waals surface area contributed by atoms with E-state index in [1.165, 1.54) is 5.56 Å². The molecular weight excluding hydrogens is 455 g/mol. The summed E-state index contributed by atoms with van der Waals surface area (Å²) in [5, 5.41) is 6.46. The van der Waals surface area contributed by atoms with Crippen LogP contribution in [0.4, 0.5) is 0 Å². The van der Waals surface area contributed by atoms with Gasteiger partial charge in [0, 0.05) is 38.2 Å². The predicted octanol–water partition coefficient (Wildman–Crippen LogP) is 3.33. The van der Waals surface area contributed by atoms with Crippen molar-refractivity contribution in [2.45, 2.75) is 47.6 Å². The molecule has 0 aliphatic heterocycles. The molecule has 2 N–H and O–H groups in total. The highest BCUT2D eigenvalue weighted by Crippen LogP contribution is 2.21. The molecule has 0 saturated heterocycles. The number of halogens is 1. The van der Waals surface area contributed by atoms with Crippen LogP contribution in [-0.2, 0) is 11.3 Å². The van der Waals surface area contributed by atoms with Crippen molar-refractivity contribution in [3.05, 3.63) is 29.3 Å². The second-order valence-corrected chi connectivity index (χ2v) is 5.98. The van der Waals surface area contributed by atoms with Gasteiger partial charge in [0.05, 0.1) is 13.2 Å². The Morgan fingerprint density at radius 3 is 2.44 bits per heavy atom. The van der Waals surface area contributed by atoms with Crippen LogP contribution in [0.25, 0.3) is 0 Å². The summed E-state index contributed by atoms with van der Waals surface area (Å²) in [6.07, 6.45) is 0.459. The van der Waals surface area contributed by atoms with Gasteiger partial charge in [-0.05, 0) is 46.2 Å². The zero-order valence-electron chi connectivity index (χ0n) is 17.3. The molecule has 0 saturated carbocycles. The summed E-state index contributed by atoms with van der Waals surface area (Å²) in [6.45, 7) is 14.0. The van der Waals surface area contributed by atoms with Gasteiger partial charge < -0.3 is 20.3 Å². The van der Waals surface area contributed by atoms with Gasteiger partial charge in [-0.25, -0.2) is 4.99 Å². The highest BCUT2D eigenvalue weighted by Gasteiger charge is 2.09. The van der Waals surface area contributed by atoms with Gasteiger partial charge in [-0.3, -0.25) is 4.79 Å². The van der Waals surface area contributed by atoms with Gasteiger partial charge in [0.2, 0.25) is 5.91 Å². The average Bonchev–Trinajstić information content (AvgIpc) is 2.62. The molecule has 0 atom stereocenters. The van der Waals surface area contributed by atoms with Gasteiger partial charge in [-0.15, -0.1) is 24.0 Å². The van der Waals surface area contributed by atoms with Crippen LogP contribution >= 0.6 is 24.0 Å². The van der Waals surface area contributed by atoms with Gasteiger partial charge in [0.25, 0.3) is 0 Å². The minimum Gasteiger partial charge on any atom is -0.494 e. The minimum atomic E-state index is 0. The van der Waals surface area contributed by atoms with Crippen LogP contribution in [-0.4, -0.2) is 49.6 Å². The second kappa shape index (κ2) is 14.5. The van der Waals surface area contributed by atoms with Crippen molar-refractivity contribution in [2.24, 2.45) is 4.99 Å². The van der Waals surface area contributed by atoms with Crippen molar-refractivity contribution >= 4 is 35.8 Å². The first-order valence-electron chi connectivity index (χ1n) is 9.57. The smallest absolute Gasteiger partial charge is 0.224 e. The molecule has 6 nitrogen and oxygen atoms in total. The fraction of sp³-hybridized carbons (Fsp3) is 0.600. The molecule has 1 aromatic rings. The van der Waals surface area contributed by atoms with E-state index in [-0.39, 0.29) is 29.9 Å². The summed E-state index contributed by atoms with van der Waals surface area (Å²) in [5.74, 6) is 1.75. The Hall–Kier alpha value is -1.51. The lowest BCUT2D eigenvalue weighted by atomic mass is 10.1. The van der Waals surface area contributed by atoms with Crippen molar-refractivity contribution in [1.82, 2.24) is 15.5 Å². The Balaban J connectivity index is 0.00000676. The third-order valence-corrected chi connectivity index (χ3v) is 4.02. The maximum atomic E-state index is 12.1. The quantitative estimate of drug-likeness (QED) is 0.300. The lowest BCUT2D eigenvalue weighted by Gasteiger charge is -2.19. The molecule has 0 aliphatic rings. The molecular formula is C20H35IN4O2. The molecule has 7 heteroatoms. The fourth-order valence-electron chi connectivity index (χ4n) is 2.61. The van der Waals surface area contributed by atoms with Crippen LogP contribution in [0.1, 0.15) is 45.2 Å². The van der Waals surface area contributed by atoms with Gasteiger partial charge in [0.1, 0.15) is 5.75 Å². The summed E-state index contributed by atoms with van der Waals surface area (Å²) < 4.78 is 5.71. The number of carbonyl (C=O) groups is 1. The van der Waals surface area contributed by atoms with E-state index < -0.39 is 0 Å². The lowest BCUT2D eigenvalue weighted by Crippen LogP contribution is -2.40. The zero-order valence-corrected chi connectivity index (χ0v) is 19.6. The number of hydrogen-bond donors (Lipinski definition) is 2. The first kappa shape index (κ1) is 25.5. The van der Waals surface area contributed by atoms with Gasteiger partial charge in [0.15, 0.2) is 5.96 Å². The second-order valence-electron chi connectivity index (χ2n) is 5.98. The van der Waals surface area contributed by atoms with E-state index >= 15 is 0 Å². The highest BCUT2D eigenvalue weighted by atomic mass is 127. The first-order valence-corrected chi connectivity index (χ1v) is 9.57. The molecule has 0 aromatic heterocycles. The number of hydrogen-bond acceptors (Lipinski definition) is 3. The van der Waals surface area contributed by atoms with E-state index in [2.05, 4.69) is 27.8 Å². The number of amides is 1. The Morgan fingerprint density at radius 2 is 1.85 bits per heavy atom. The van der Waals surface area contributed by atoms with Crippen molar-refractivity contribution < 1.29 is 9.53 Å². The molecule has 1 rings (SSSR count). The van der Waals surface area contributed by atoms with E-state index in [1.807, 2.05) is 45.6 Å². The van der Waals surface area contributed by atoms with Crippen molar-refractivity contribution in [3.63, 3.8) is 0 Å². The van der Waals surface area contributed by atoms with Crippen LogP contribution in [0.15, 0.2) is 23.2 Å². The third kappa shape index (κ3) is 9.30. The SMILES string of the molecule is CCNC(=NCc1ccc(C)cc1OCC)NCCC(=O)N(CC)CC.I. The van der Waals surface area contributed by atoms with Crippen LogP contribution in [0.5, 0.6) is 5.75 Å². The molecule has 0 fully saturated rings. The van der Waals surface area contributed by atoms with E-state index in [0.717, 1.165) is 30.9 Å². The summed E-state index contributed by atoms with van der Waals surface area (Å²) in [6, 6.07) is 6.16. The molecule has 154 valence electrons. The van der Waals surface area contributed by atoms with Crippen LogP contribution in [0, 0.1) is 6.92 Å². The van der Waals surface area contributed by atoms with Gasteiger partial charge in [-0.2, -0.15) is 0 Å². The number of carbonyl (C=O) groups excluding carboxylic acids is 1. The van der Waals surface area contributed by atoms with Crippen molar-refractivity contribution in [2.75, 3.05) is 32.8 Å². The number of nitrogens with one attached hydrogen (secondary N) is 2. The van der Waals surface area contributed by atoms with Crippen molar-refractivity contribution in [1.29, 1.82) is 0 Å². The summed E-state index contributed by atoms with van der Waals surface area (Å²) >= 11 is 0. The molecule has 0 heterocycles. The third-order valence-electron chi connectivity index (χ3n) is 4.02. The summed E-state index contributed by atoms with van der Waals surface area (Å²) in [7, 11) is 0. The van der Waals surface area contributed by atoms with Gasteiger partial charge >= 0.3 is 0 Å². The minimum absolute atomic E-state index is 0. The Kier molecular flexibility index (Phi) is 13.7. The maximum absolute atomic E-state index is 12.1. The van der Waals surface area contributed by atoms with E-state index in [1.54, 1.807) is 0 Å². The Labute approximate surface area is 181 Å². The average molecular weight is 490 g/mol. The zero-order chi connectivity index (χ0) is 19.4. The van der Waals surface area contributed by atoms with Gasteiger partial charge in [-0.1, -0.05) is 12.1 Å². The number of rotatable bonds is 10. The molecule has 0 unspecified atom stereocenters. The van der Waals surface area contributed by atoms with Crippen LogP contribution < -0.4 is 15.4 Å². The highest BCUT2D eigenvalue weighted by molar-refractivity contribution is 14.0. The van der Waals surface area contributed by atoms with Crippen LogP contribution in [0.2, 0.25) is 0 Å². The van der Waals surface area contributed by atoms with E-state index in [4.69, 9.17) is 4.74 Å². The van der Waals surface area contributed by atoms with Crippen molar-refractivity contribution in [3.8, 4) is 5.75 Å². The largest absolute Gasteiger partial charge is 0.494 e. The number of aryl methyl sites for hydroxylation is 1. The number of ether oxygens (including phenoxy) is 1. The monoisotopic (exact) mass is 490 g/mol. The Bertz CT molecular complexity index is 589. The molecule has 0 bridgehead atoms. The molecule has 0 aliphatic carbocycles. The molecule has 27 heavy (non-hydrogen) atoms. The first-order chi connectivity index (χ1) is 12.5. The predicted molar refractivity (Wildman–Crippen MR) is 123 cm³/mol. The number of aliphatic imine (C=N–C) groups is 1. The summed E-state index contributed by atoms with van der Waals surface area (Å²) in [5.41, 5.74) is 2.22. The maximum Gasteiger partial charge on any atom is 0.224 e. The normalized spacial score (nSPS) is 10.8. The molecule has 0 spiro atoms. The lowest BCUT2D eigenvalue weighted by molar-refractivity contribution is -0.130. The number of benzene rings is 1. The molecule has 1 amide bonds. The molecule has 0 radical (unpaired) electrons. The van der Waals surface area contributed by atoms with Crippen LogP contribution in [0.3, 0.4) is 0 Å². The standard InChI is InChI=1S/C20H34N4O2.HI/c1-6-21-20(22-13-12-19(25)24(7-2)8-3)23-15-17-11-10-16(5)14-18(17)26-9-4;/h10-11,14H,6-9,12-13,15H2,1-5H3,(H2,21,22,23);1H. The van der Waals surface area contributed by atoms with E-state index in [0.29, 0.717) is 32.1 Å². The topological polar surface area (TPSA) is 66.0 Å². The fourth-order valence-corrected chi connectivity index (χ4v) is 2.61. The number of nitrogens with zero attached hydrogens (tertiary/aromatic N) is 2. The van der Waals surface area contributed by atoms with E-state index in [9.17, 15) is 4.79 Å².